The van der Waals surface area contributed by atoms with Crippen LogP contribution in [0.2, 0.25) is 0 Å². The van der Waals surface area contributed by atoms with E-state index in [4.69, 9.17) is 10.5 Å². The molecule has 2 atom stereocenters. The number of carbonyl (C=O) groups excluding carboxylic acids is 1. The topological polar surface area (TPSA) is 99.9 Å². The maximum atomic E-state index is 12.9. The lowest BCUT2D eigenvalue weighted by atomic mass is 9.62. The van der Waals surface area contributed by atoms with Crippen molar-refractivity contribution in [3.8, 4) is 12.1 Å². The Morgan fingerprint density at radius 2 is 2.04 bits per heavy atom. The normalized spacial score (nSPS) is 25.2. The fourth-order valence-electron chi connectivity index (χ4n) is 4.02. The maximum Gasteiger partial charge on any atom is 0.333 e. The van der Waals surface area contributed by atoms with Crippen LogP contribution in [0.4, 0.5) is 0 Å². The summed E-state index contributed by atoms with van der Waals surface area (Å²) in [6.45, 7) is 1.83. The van der Waals surface area contributed by atoms with Crippen LogP contribution in [-0.2, 0) is 9.53 Å². The van der Waals surface area contributed by atoms with Gasteiger partial charge in [-0.1, -0.05) is 35.9 Å². The number of nitrogens with zero attached hydrogens (tertiary/aromatic N) is 2. The third-order valence-electron chi connectivity index (χ3n) is 5.06. The predicted octanol–water partition coefficient (Wildman–Crippen LogP) is 3.07. The summed E-state index contributed by atoms with van der Waals surface area (Å²) in [7, 11) is 0. The first kappa shape index (κ1) is 16.8. The van der Waals surface area contributed by atoms with Crippen molar-refractivity contribution in [3.05, 3.63) is 58.3 Å². The van der Waals surface area contributed by atoms with Gasteiger partial charge >= 0.3 is 5.97 Å². The van der Waals surface area contributed by atoms with Gasteiger partial charge in [0.05, 0.1) is 23.9 Å². The summed E-state index contributed by atoms with van der Waals surface area (Å²) in [5, 5.41) is 19.7. The van der Waals surface area contributed by atoms with E-state index in [1.165, 1.54) is 0 Å². The maximum absolute atomic E-state index is 12.9. The molecule has 0 fully saturated rings. The smallest absolute Gasteiger partial charge is 0.333 e. The minimum atomic E-state index is -1.70. The Hall–Kier alpha value is -3.05. The molecule has 5 nitrogen and oxygen atoms in total. The van der Waals surface area contributed by atoms with E-state index in [-0.39, 0.29) is 17.9 Å². The van der Waals surface area contributed by atoms with Crippen LogP contribution in [0.3, 0.4) is 0 Å². The fraction of sp³-hybridized carbons (Fsp3) is 0.350. The minimum absolute atomic E-state index is 0.0189. The van der Waals surface area contributed by atoms with Gasteiger partial charge in [-0.15, -0.1) is 0 Å². The molecular formula is C20H19N3O2. The lowest BCUT2D eigenvalue weighted by Crippen LogP contribution is -2.45. The molecule has 5 heteroatoms. The van der Waals surface area contributed by atoms with Gasteiger partial charge in [-0.05, 0) is 37.3 Å². The number of hydrogen-bond acceptors (Lipinski definition) is 5. The van der Waals surface area contributed by atoms with Crippen molar-refractivity contribution >= 4 is 5.97 Å². The first-order valence-electron chi connectivity index (χ1n) is 8.37. The number of hydrogen-bond donors (Lipinski definition) is 1. The molecule has 1 aromatic rings. The van der Waals surface area contributed by atoms with E-state index >= 15 is 0 Å². The molecule has 0 unspecified atom stereocenters. The molecule has 25 heavy (non-hydrogen) atoms. The van der Waals surface area contributed by atoms with Crippen LogP contribution in [0.5, 0.6) is 0 Å². The van der Waals surface area contributed by atoms with Gasteiger partial charge in [0.1, 0.15) is 6.07 Å². The van der Waals surface area contributed by atoms with E-state index in [0.717, 1.165) is 36.0 Å². The van der Waals surface area contributed by atoms with E-state index in [1.54, 1.807) is 6.92 Å². The fourth-order valence-corrected chi connectivity index (χ4v) is 4.02. The third kappa shape index (κ3) is 2.32. The Bertz CT molecular complexity index is 855. The van der Waals surface area contributed by atoms with Gasteiger partial charge in [0.15, 0.2) is 0 Å². The highest BCUT2D eigenvalue weighted by Crippen LogP contribution is 2.55. The van der Waals surface area contributed by atoms with Crippen LogP contribution < -0.4 is 5.73 Å². The largest absolute Gasteiger partial charge is 0.464 e. The Labute approximate surface area is 147 Å². The van der Waals surface area contributed by atoms with Crippen LogP contribution in [0.25, 0.3) is 0 Å². The van der Waals surface area contributed by atoms with Crippen molar-refractivity contribution in [1.29, 1.82) is 10.5 Å². The number of esters is 1. The van der Waals surface area contributed by atoms with Crippen molar-refractivity contribution < 1.29 is 9.53 Å². The third-order valence-corrected chi connectivity index (χ3v) is 5.06. The van der Waals surface area contributed by atoms with Crippen molar-refractivity contribution in [3.63, 3.8) is 0 Å². The van der Waals surface area contributed by atoms with E-state index < -0.39 is 17.3 Å². The molecule has 2 aliphatic rings. The zero-order chi connectivity index (χ0) is 18.0. The number of ether oxygens (including phenoxy) is 1. The summed E-state index contributed by atoms with van der Waals surface area (Å²) in [6, 6.07) is 13.7. The second-order valence-corrected chi connectivity index (χ2v) is 6.24. The summed E-state index contributed by atoms with van der Waals surface area (Å²) in [4.78, 5) is 12.9. The summed E-state index contributed by atoms with van der Waals surface area (Å²) in [5.41, 5.74) is 7.58. The number of rotatable bonds is 3. The standard InChI is InChI=1S/C20H19N3O2/c1-2-25-19(24)20(12-22)17(13-7-4-3-5-8-13)15-10-6-9-14(15)16(11-21)18(20)23/h3-5,7-8,17H,2,6,9-10,23H2,1H3/t17-,20-/m0/s1. The van der Waals surface area contributed by atoms with Crippen molar-refractivity contribution in [1.82, 2.24) is 0 Å². The van der Waals surface area contributed by atoms with E-state index in [9.17, 15) is 15.3 Å². The number of nitrogens with two attached hydrogens (primary N) is 1. The Kier molecular flexibility index (Phi) is 4.33. The molecule has 0 aromatic heterocycles. The van der Waals surface area contributed by atoms with Gasteiger partial charge in [0.2, 0.25) is 5.41 Å². The zero-order valence-electron chi connectivity index (χ0n) is 14.1. The molecule has 0 spiro atoms. The molecule has 1 aromatic carbocycles. The molecule has 0 saturated heterocycles. The van der Waals surface area contributed by atoms with Crippen LogP contribution >= 0.6 is 0 Å². The van der Waals surface area contributed by atoms with Gasteiger partial charge in [-0.2, -0.15) is 10.5 Å². The predicted molar refractivity (Wildman–Crippen MR) is 91.6 cm³/mol. The van der Waals surface area contributed by atoms with Crippen LogP contribution in [-0.4, -0.2) is 12.6 Å². The Morgan fingerprint density at radius 1 is 1.32 bits per heavy atom. The lowest BCUT2D eigenvalue weighted by Gasteiger charge is -2.38. The van der Waals surface area contributed by atoms with Crippen LogP contribution in [0.1, 0.15) is 37.7 Å². The molecule has 2 N–H and O–H groups in total. The summed E-state index contributed by atoms with van der Waals surface area (Å²) in [5.74, 6) is -1.21. The van der Waals surface area contributed by atoms with Crippen molar-refractivity contribution in [2.24, 2.45) is 11.1 Å². The minimum Gasteiger partial charge on any atom is -0.464 e. The lowest BCUT2D eigenvalue weighted by molar-refractivity contribution is -0.151. The van der Waals surface area contributed by atoms with Gasteiger partial charge < -0.3 is 10.5 Å². The van der Waals surface area contributed by atoms with Gasteiger partial charge in [0.25, 0.3) is 0 Å². The van der Waals surface area contributed by atoms with Gasteiger partial charge in [0, 0.05) is 5.92 Å². The molecule has 0 saturated carbocycles. The van der Waals surface area contributed by atoms with Crippen LogP contribution in [0, 0.1) is 28.1 Å². The molecule has 0 heterocycles. The van der Waals surface area contributed by atoms with Crippen LogP contribution in [0.15, 0.2) is 52.7 Å². The van der Waals surface area contributed by atoms with Gasteiger partial charge in [-0.3, -0.25) is 0 Å². The highest BCUT2D eigenvalue weighted by molar-refractivity contribution is 5.88. The molecule has 0 bridgehead atoms. The molecular weight excluding hydrogens is 314 g/mol. The number of carbonyl (C=O) groups is 1. The monoisotopic (exact) mass is 333 g/mol. The molecule has 0 aliphatic heterocycles. The average Bonchev–Trinajstić information content (AvgIpc) is 3.10. The molecule has 0 amide bonds. The summed E-state index contributed by atoms with van der Waals surface area (Å²) in [6.07, 6.45) is 2.37. The molecule has 126 valence electrons. The second kappa shape index (κ2) is 6.45. The number of allylic oxidation sites excluding steroid dienone is 3. The Morgan fingerprint density at radius 3 is 2.64 bits per heavy atom. The van der Waals surface area contributed by atoms with E-state index in [2.05, 4.69) is 12.1 Å². The number of nitriles is 2. The van der Waals surface area contributed by atoms with Crippen molar-refractivity contribution in [2.75, 3.05) is 6.61 Å². The van der Waals surface area contributed by atoms with E-state index in [0.29, 0.717) is 0 Å². The summed E-state index contributed by atoms with van der Waals surface area (Å²) >= 11 is 0. The summed E-state index contributed by atoms with van der Waals surface area (Å²) < 4.78 is 5.23. The quantitative estimate of drug-likeness (QED) is 0.857. The molecule has 0 radical (unpaired) electrons. The highest BCUT2D eigenvalue weighted by Gasteiger charge is 2.57. The first-order valence-corrected chi connectivity index (χ1v) is 8.37. The second-order valence-electron chi connectivity index (χ2n) is 6.24. The Balaban J connectivity index is 2.32. The molecule has 2 aliphatic carbocycles. The SMILES string of the molecule is CCOC(=O)[C@]1(C#N)C(N)=C(C#N)C2=C(CCC2)[C@@H]1c1ccccc1. The average molecular weight is 333 g/mol. The van der Waals surface area contributed by atoms with Crippen molar-refractivity contribution in [2.45, 2.75) is 32.1 Å². The zero-order valence-corrected chi connectivity index (χ0v) is 14.1. The van der Waals surface area contributed by atoms with E-state index in [1.807, 2.05) is 30.3 Å². The van der Waals surface area contributed by atoms with Gasteiger partial charge in [-0.25, -0.2) is 4.79 Å². The molecule has 3 rings (SSSR count). The first-order chi connectivity index (χ1) is 12.1. The number of benzene rings is 1. The highest BCUT2D eigenvalue weighted by atomic mass is 16.5.